The molecule has 7 heteroatoms. The third-order valence-electron chi connectivity index (χ3n) is 5.52. The molecule has 2 aliphatic heterocycles. The fourth-order valence-electron chi connectivity index (χ4n) is 3.87. The summed E-state index contributed by atoms with van der Waals surface area (Å²) < 4.78 is 11.2. The molecule has 1 N–H and O–H groups in total. The molecule has 1 fully saturated rings. The van der Waals surface area contributed by atoms with E-state index in [1.54, 1.807) is 19.5 Å². The van der Waals surface area contributed by atoms with Crippen LogP contribution in [-0.2, 0) is 6.42 Å². The minimum atomic E-state index is -0.0285. The van der Waals surface area contributed by atoms with Gasteiger partial charge in [-0.05, 0) is 30.9 Å². The number of carbonyl (C=O) groups is 1. The van der Waals surface area contributed by atoms with E-state index in [0.29, 0.717) is 17.7 Å². The van der Waals surface area contributed by atoms with Crippen LogP contribution in [0.1, 0.15) is 28.9 Å². The van der Waals surface area contributed by atoms with Gasteiger partial charge in [-0.25, -0.2) is 4.98 Å². The molecular formula is C21H26N4O3. The van der Waals surface area contributed by atoms with Crippen LogP contribution in [0.5, 0.6) is 11.5 Å². The van der Waals surface area contributed by atoms with Crippen LogP contribution in [-0.4, -0.2) is 60.2 Å². The van der Waals surface area contributed by atoms with E-state index in [9.17, 15) is 4.79 Å². The lowest BCUT2D eigenvalue weighted by Crippen LogP contribution is -2.46. The Hall–Kier alpha value is -2.67. The number of nitrogens with zero attached hydrogens (tertiary/aromatic N) is 3. The van der Waals surface area contributed by atoms with E-state index in [1.807, 2.05) is 17.0 Å². The number of likely N-dealkylation sites (tertiary alicyclic amines) is 1. The first kappa shape index (κ1) is 18.7. The number of carbonyl (C=O) groups excluding carboxylic acids is 1. The topological polar surface area (TPSA) is 76.6 Å². The molecule has 28 heavy (non-hydrogen) atoms. The number of piperidine rings is 1. The lowest BCUT2D eigenvalue weighted by molar-refractivity contribution is 0.0696. The van der Waals surface area contributed by atoms with Gasteiger partial charge in [-0.1, -0.05) is 6.07 Å². The molecule has 2 aliphatic rings. The number of hydrogen-bond donors (Lipinski definition) is 1. The van der Waals surface area contributed by atoms with E-state index in [1.165, 1.54) is 11.8 Å². The van der Waals surface area contributed by atoms with Gasteiger partial charge in [-0.15, -0.1) is 0 Å². The third kappa shape index (κ3) is 4.25. The molecule has 1 atom stereocenters. The van der Waals surface area contributed by atoms with Gasteiger partial charge in [0.05, 0.1) is 19.9 Å². The highest BCUT2D eigenvalue weighted by atomic mass is 16.5. The average Bonchev–Trinajstić information content (AvgIpc) is 2.77. The zero-order chi connectivity index (χ0) is 19.3. The Morgan fingerprint density at radius 3 is 2.93 bits per heavy atom. The van der Waals surface area contributed by atoms with Crippen LogP contribution in [0.15, 0.2) is 36.8 Å². The minimum Gasteiger partial charge on any atom is -0.497 e. The first-order valence-electron chi connectivity index (χ1n) is 9.81. The van der Waals surface area contributed by atoms with Crippen molar-refractivity contribution in [3.63, 3.8) is 0 Å². The van der Waals surface area contributed by atoms with Crippen molar-refractivity contribution in [2.75, 3.05) is 33.4 Å². The monoisotopic (exact) mass is 382 g/mol. The number of aromatic nitrogens is 2. The van der Waals surface area contributed by atoms with Crippen molar-refractivity contribution in [3.05, 3.63) is 48.0 Å². The summed E-state index contributed by atoms with van der Waals surface area (Å²) in [4.78, 5) is 22.4. The minimum absolute atomic E-state index is 0.0285. The maximum absolute atomic E-state index is 12.5. The number of benzene rings is 1. The highest BCUT2D eigenvalue weighted by Crippen LogP contribution is 2.30. The molecular weight excluding hydrogens is 356 g/mol. The Labute approximate surface area is 165 Å². The van der Waals surface area contributed by atoms with Crippen LogP contribution in [0.2, 0.25) is 0 Å². The SMILES string of the molecule is COc1ccc2c(c1)OC[C@@H](CNC1CCN(C(=O)c3cnccn3)CC1)C2. The second-order valence-electron chi connectivity index (χ2n) is 7.42. The first-order valence-corrected chi connectivity index (χ1v) is 9.81. The Balaban J connectivity index is 1.23. The molecule has 148 valence electrons. The largest absolute Gasteiger partial charge is 0.497 e. The van der Waals surface area contributed by atoms with Crippen LogP contribution >= 0.6 is 0 Å². The molecule has 1 aromatic heterocycles. The molecule has 0 bridgehead atoms. The lowest BCUT2D eigenvalue weighted by Gasteiger charge is -2.33. The summed E-state index contributed by atoms with van der Waals surface area (Å²) in [7, 11) is 1.67. The second kappa shape index (κ2) is 8.56. The summed E-state index contributed by atoms with van der Waals surface area (Å²) in [6, 6.07) is 6.48. The van der Waals surface area contributed by atoms with Gasteiger partial charge in [0.2, 0.25) is 0 Å². The van der Waals surface area contributed by atoms with Gasteiger partial charge in [-0.3, -0.25) is 9.78 Å². The fraction of sp³-hybridized carbons (Fsp3) is 0.476. The normalized spacial score (nSPS) is 19.6. The lowest BCUT2D eigenvalue weighted by atomic mass is 9.95. The highest BCUT2D eigenvalue weighted by Gasteiger charge is 2.26. The van der Waals surface area contributed by atoms with Crippen LogP contribution in [0.4, 0.5) is 0 Å². The van der Waals surface area contributed by atoms with Crippen LogP contribution < -0.4 is 14.8 Å². The number of fused-ring (bicyclic) bond motifs is 1. The second-order valence-corrected chi connectivity index (χ2v) is 7.42. The zero-order valence-corrected chi connectivity index (χ0v) is 16.1. The Morgan fingerprint density at radius 2 is 2.18 bits per heavy atom. The molecule has 7 nitrogen and oxygen atoms in total. The molecule has 0 radical (unpaired) electrons. The molecule has 0 aliphatic carbocycles. The van der Waals surface area contributed by atoms with Crippen molar-refractivity contribution < 1.29 is 14.3 Å². The van der Waals surface area contributed by atoms with Gasteiger partial charge in [0.15, 0.2) is 0 Å². The fourth-order valence-corrected chi connectivity index (χ4v) is 3.87. The summed E-state index contributed by atoms with van der Waals surface area (Å²) in [5.41, 5.74) is 1.66. The predicted molar refractivity (Wildman–Crippen MR) is 105 cm³/mol. The van der Waals surface area contributed by atoms with E-state index in [4.69, 9.17) is 9.47 Å². The number of rotatable bonds is 5. The Kier molecular flexibility index (Phi) is 5.71. The number of amides is 1. The molecule has 3 heterocycles. The standard InChI is InChI=1S/C21H26N4O3/c1-27-18-3-2-16-10-15(14-28-20(16)11-18)12-24-17-4-8-25(9-5-17)21(26)19-13-22-6-7-23-19/h2-3,6-7,11,13,15,17,24H,4-5,8-10,12,14H2,1H3/t15-/m1/s1. The van der Waals surface area contributed by atoms with Gasteiger partial charge >= 0.3 is 0 Å². The smallest absolute Gasteiger partial charge is 0.274 e. The van der Waals surface area contributed by atoms with E-state index in [-0.39, 0.29) is 5.91 Å². The highest BCUT2D eigenvalue weighted by molar-refractivity contribution is 5.92. The quantitative estimate of drug-likeness (QED) is 0.852. The third-order valence-corrected chi connectivity index (χ3v) is 5.52. The van der Waals surface area contributed by atoms with Crippen molar-refractivity contribution in [2.45, 2.75) is 25.3 Å². The van der Waals surface area contributed by atoms with Crippen molar-refractivity contribution in [1.82, 2.24) is 20.2 Å². The zero-order valence-electron chi connectivity index (χ0n) is 16.1. The van der Waals surface area contributed by atoms with E-state index in [0.717, 1.165) is 57.0 Å². The van der Waals surface area contributed by atoms with Gasteiger partial charge < -0.3 is 19.7 Å². The van der Waals surface area contributed by atoms with Gasteiger partial charge in [-0.2, -0.15) is 0 Å². The van der Waals surface area contributed by atoms with E-state index >= 15 is 0 Å². The summed E-state index contributed by atoms with van der Waals surface area (Å²) >= 11 is 0. The maximum atomic E-state index is 12.5. The first-order chi connectivity index (χ1) is 13.7. The number of nitrogens with one attached hydrogen (secondary N) is 1. The van der Waals surface area contributed by atoms with Gasteiger partial charge in [0.25, 0.3) is 5.91 Å². The van der Waals surface area contributed by atoms with E-state index < -0.39 is 0 Å². The van der Waals surface area contributed by atoms with Crippen LogP contribution in [0.3, 0.4) is 0 Å². The van der Waals surface area contributed by atoms with Crippen molar-refractivity contribution in [3.8, 4) is 11.5 Å². The van der Waals surface area contributed by atoms with E-state index in [2.05, 4.69) is 21.4 Å². The van der Waals surface area contributed by atoms with Crippen molar-refractivity contribution >= 4 is 5.91 Å². The van der Waals surface area contributed by atoms with Gasteiger partial charge in [0, 0.05) is 50.1 Å². The maximum Gasteiger partial charge on any atom is 0.274 e. The average molecular weight is 382 g/mol. The molecule has 0 spiro atoms. The Morgan fingerprint density at radius 1 is 1.32 bits per heavy atom. The molecule has 4 rings (SSSR count). The molecule has 1 amide bonds. The predicted octanol–water partition coefficient (Wildman–Crippen LogP) is 1.93. The molecule has 1 saturated heterocycles. The molecule has 2 aromatic rings. The number of methoxy groups -OCH3 is 1. The molecule has 1 aromatic carbocycles. The molecule has 0 unspecified atom stereocenters. The van der Waals surface area contributed by atoms with Crippen LogP contribution in [0.25, 0.3) is 0 Å². The Bertz CT molecular complexity index is 807. The summed E-state index contributed by atoms with van der Waals surface area (Å²) in [6.45, 7) is 3.14. The summed E-state index contributed by atoms with van der Waals surface area (Å²) in [5, 5.41) is 3.67. The van der Waals surface area contributed by atoms with Crippen molar-refractivity contribution in [1.29, 1.82) is 0 Å². The number of ether oxygens (including phenoxy) is 2. The van der Waals surface area contributed by atoms with Gasteiger partial charge in [0.1, 0.15) is 17.2 Å². The number of hydrogen-bond acceptors (Lipinski definition) is 6. The van der Waals surface area contributed by atoms with Crippen LogP contribution in [0, 0.1) is 5.92 Å². The summed E-state index contributed by atoms with van der Waals surface area (Å²) in [6.07, 6.45) is 7.58. The van der Waals surface area contributed by atoms with Crippen molar-refractivity contribution in [2.24, 2.45) is 5.92 Å². The molecule has 0 saturated carbocycles. The summed E-state index contributed by atoms with van der Waals surface area (Å²) in [5.74, 6) is 2.20.